The van der Waals surface area contributed by atoms with Crippen LogP contribution in [0.1, 0.15) is 39.7 Å². The number of hydrogen-bond donors (Lipinski definition) is 1. The van der Waals surface area contributed by atoms with Gasteiger partial charge in [-0.1, -0.05) is 27.2 Å². The summed E-state index contributed by atoms with van der Waals surface area (Å²) in [5.41, 5.74) is 0. The molecule has 1 unspecified atom stereocenters. The third kappa shape index (κ3) is 4.66. The van der Waals surface area contributed by atoms with Gasteiger partial charge in [-0.15, -0.1) is 0 Å². The number of nitrogens with zero attached hydrogens (tertiary/aromatic N) is 2. The van der Waals surface area contributed by atoms with Crippen LogP contribution in [0.4, 0.5) is 0 Å². The van der Waals surface area contributed by atoms with Crippen LogP contribution in [0.2, 0.25) is 0 Å². The largest absolute Gasteiger partial charge is 0.314 e. The molecule has 0 saturated carbocycles. The molecule has 0 aliphatic heterocycles. The molecule has 1 heterocycles. The van der Waals surface area contributed by atoms with Gasteiger partial charge in [0.05, 0.1) is 16.7 Å². The summed E-state index contributed by atoms with van der Waals surface area (Å²) in [6.45, 7) is 8.75. The van der Waals surface area contributed by atoms with Crippen LogP contribution in [0.25, 0.3) is 0 Å². The van der Waals surface area contributed by atoms with Crippen molar-refractivity contribution in [1.82, 2.24) is 15.1 Å². The smallest absolute Gasteiger partial charge is 0.0643 e. The summed E-state index contributed by atoms with van der Waals surface area (Å²) in [4.78, 5) is 0. The first-order valence-corrected chi connectivity index (χ1v) is 6.83. The van der Waals surface area contributed by atoms with Crippen LogP contribution < -0.4 is 5.32 Å². The molecule has 0 aliphatic carbocycles. The van der Waals surface area contributed by atoms with Crippen molar-refractivity contribution in [3.05, 3.63) is 16.9 Å². The first kappa shape index (κ1) is 13.7. The molecule has 1 N–H and O–H groups in total. The van der Waals surface area contributed by atoms with Crippen LogP contribution in [-0.4, -0.2) is 22.9 Å². The van der Waals surface area contributed by atoms with Crippen molar-refractivity contribution in [3.8, 4) is 0 Å². The average molecular weight is 288 g/mol. The number of nitrogens with one attached hydrogen (secondary N) is 1. The SMILES string of the molecule is CCCC(CNCC(C)C)n1cc(Br)cn1. The van der Waals surface area contributed by atoms with Gasteiger partial charge in [0.2, 0.25) is 0 Å². The lowest BCUT2D eigenvalue weighted by Gasteiger charge is -2.18. The summed E-state index contributed by atoms with van der Waals surface area (Å²) >= 11 is 3.44. The van der Waals surface area contributed by atoms with Crippen molar-refractivity contribution in [1.29, 1.82) is 0 Å². The quantitative estimate of drug-likeness (QED) is 0.834. The van der Waals surface area contributed by atoms with E-state index in [1.165, 1.54) is 12.8 Å². The van der Waals surface area contributed by atoms with Crippen LogP contribution in [-0.2, 0) is 0 Å². The Morgan fingerprint density at radius 1 is 1.44 bits per heavy atom. The zero-order chi connectivity index (χ0) is 12.0. The summed E-state index contributed by atoms with van der Waals surface area (Å²) in [7, 11) is 0. The van der Waals surface area contributed by atoms with Gasteiger partial charge in [-0.3, -0.25) is 4.68 Å². The Bertz CT molecular complexity index is 296. The summed E-state index contributed by atoms with van der Waals surface area (Å²) in [5.74, 6) is 0.701. The van der Waals surface area contributed by atoms with Gasteiger partial charge >= 0.3 is 0 Å². The second kappa shape index (κ2) is 7.07. The van der Waals surface area contributed by atoms with E-state index in [2.05, 4.69) is 58.0 Å². The minimum Gasteiger partial charge on any atom is -0.314 e. The van der Waals surface area contributed by atoms with Crippen LogP contribution in [0.3, 0.4) is 0 Å². The normalized spacial score (nSPS) is 13.3. The van der Waals surface area contributed by atoms with E-state index in [-0.39, 0.29) is 0 Å². The van der Waals surface area contributed by atoms with Crippen LogP contribution in [0, 0.1) is 5.92 Å². The van der Waals surface area contributed by atoms with E-state index in [1.807, 2.05) is 6.20 Å². The molecule has 1 aromatic heterocycles. The number of rotatable bonds is 7. The number of hydrogen-bond acceptors (Lipinski definition) is 2. The maximum absolute atomic E-state index is 4.36. The first-order valence-electron chi connectivity index (χ1n) is 6.03. The molecule has 0 spiro atoms. The fourth-order valence-corrected chi connectivity index (χ4v) is 2.02. The Kier molecular flexibility index (Phi) is 6.06. The molecule has 1 atom stereocenters. The second-order valence-electron chi connectivity index (χ2n) is 4.63. The molecule has 1 aromatic rings. The van der Waals surface area contributed by atoms with Gasteiger partial charge in [-0.25, -0.2) is 0 Å². The molecule has 0 aliphatic rings. The third-order valence-electron chi connectivity index (χ3n) is 2.50. The maximum atomic E-state index is 4.36. The van der Waals surface area contributed by atoms with E-state index in [4.69, 9.17) is 0 Å². The van der Waals surface area contributed by atoms with Gasteiger partial charge < -0.3 is 5.32 Å². The lowest BCUT2D eigenvalue weighted by Crippen LogP contribution is -2.28. The molecule has 0 bridgehead atoms. The second-order valence-corrected chi connectivity index (χ2v) is 5.55. The average Bonchev–Trinajstić information content (AvgIpc) is 2.63. The van der Waals surface area contributed by atoms with Crippen molar-refractivity contribution in [3.63, 3.8) is 0 Å². The van der Waals surface area contributed by atoms with Gasteiger partial charge in [0.15, 0.2) is 0 Å². The highest BCUT2D eigenvalue weighted by Crippen LogP contribution is 2.15. The minimum atomic E-state index is 0.468. The standard InChI is InChI=1S/C12H22BrN3/c1-4-5-12(8-14-6-10(2)3)16-9-11(13)7-15-16/h7,9-10,12,14H,4-6,8H2,1-3H3. The van der Waals surface area contributed by atoms with E-state index in [1.54, 1.807) is 0 Å². The van der Waals surface area contributed by atoms with Crippen LogP contribution in [0.5, 0.6) is 0 Å². The van der Waals surface area contributed by atoms with Crippen molar-refractivity contribution in [2.75, 3.05) is 13.1 Å². The maximum Gasteiger partial charge on any atom is 0.0643 e. The molecule has 0 radical (unpaired) electrons. The lowest BCUT2D eigenvalue weighted by atomic mass is 10.1. The highest BCUT2D eigenvalue weighted by atomic mass is 79.9. The van der Waals surface area contributed by atoms with E-state index < -0.39 is 0 Å². The van der Waals surface area contributed by atoms with Crippen LogP contribution >= 0.6 is 15.9 Å². The summed E-state index contributed by atoms with van der Waals surface area (Å²) < 4.78 is 3.11. The van der Waals surface area contributed by atoms with E-state index in [0.717, 1.165) is 17.6 Å². The Labute approximate surface area is 107 Å². The molecule has 0 fully saturated rings. The van der Waals surface area contributed by atoms with Crippen molar-refractivity contribution < 1.29 is 0 Å². The third-order valence-corrected chi connectivity index (χ3v) is 2.91. The zero-order valence-electron chi connectivity index (χ0n) is 10.4. The van der Waals surface area contributed by atoms with Gasteiger partial charge in [0.1, 0.15) is 0 Å². The van der Waals surface area contributed by atoms with E-state index >= 15 is 0 Å². The summed E-state index contributed by atoms with van der Waals surface area (Å²) in [6, 6.07) is 0.468. The summed E-state index contributed by atoms with van der Waals surface area (Å²) in [6.07, 6.45) is 6.26. The molecule has 1 rings (SSSR count). The Hall–Kier alpha value is -0.350. The highest BCUT2D eigenvalue weighted by Gasteiger charge is 2.10. The Morgan fingerprint density at radius 2 is 2.19 bits per heavy atom. The highest BCUT2D eigenvalue weighted by molar-refractivity contribution is 9.10. The van der Waals surface area contributed by atoms with Crippen molar-refractivity contribution in [2.45, 2.75) is 39.7 Å². The minimum absolute atomic E-state index is 0.468. The van der Waals surface area contributed by atoms with Crippen molar-refractivity contribution >= 4 is 15.9 Å². The zero-order valence-corrected chi connectivity index (χ0v) is 12.0. The molecule has 0 aromatic carbocycles. The molecule has 92 valence electrons. The lowest BCUT2D eigenvalue weighted by molar-refractivity contribution is 0.385. The van der Waals surface area contributed by atoms with Crippen LogP contribution in [0.15, 0.2) is 16.9 Å². The molecule has 0 amide bonds. The summed E-state index contributed by atoms with van der Waals surface area (Å²) in [5, 5.41) is 7.86. The Balaban J connectivity index is 2.47. The molecule has 0 saturated heterocycles. The van der Waals surface area contributed by atoms with E-state index in [9.17, 15) is 0 Å². The van der Waals surface area contributed by atoms with Crippen molar-refractivity contribution in [2.24, 2.45) is 5.92 Å². The fraction of sp³-hybridized carbons (Fsp3) is 0.750. The molecular formula is C12H22BrN3. The fourth-order valence-electron chi connectivity index (χ4n) is 1.71. The molecule has 4 heteroatoms. The number of aromatic nitrogens is 2. The molecule has 3 nitrogen and oxygen atoms in total. The number of halogens is 1. The van der Waals surface area contributed by atoms with Gasteiger partial charge in [-0.2, -0.15) is 5.10 Å². The van der Waals surface area contributed by atoms with E-state index in [0.29, 0.717) is 12.0 Å². The molecule has 16 heavy (non-hydrogen) atoms. The predicted molar refractivity (Wildman–Crippen MR) is 71.6 cm³/mol. The van der Waals surface area contributed by atoms with Gasteiger partial charge in [0.25, 0.3) is 0 Å². The first-order chi connectivity index (χ1) is 7.63. The van der Waals surface area contributed by atoms with Gasteiger partial charge in [0, 0.05) is 12.7 Å². The Morgan fingerprint density at radius 3 is 2.69 bits per heavy atom. The topological polar surface area (TPSA) is 29.9 Å². The molecular weight excluding hydrogens is 266 g/mol. The predicted octanol–water partition coefficient (Wildman–Crippen LogP) is 3.23. The monoisotopic (exact) mass is 287 g/mol. The van der Waals surface area contributed by atoms with Gasteiger partial charge in [-0.05, 0) is 34.8 Å².